The van der Waals surface area contributed by atoms with Crippen LogP contribution in [0.3, 0.4) is 0 Å². The number of thioether (sulfide) groups is 1. The third kappa shape index (κ3) is 8.55. The zero-order valence-corrected chi connectivity index (χ0v) is 25.1. The molecule has 3 amide bonds. The van der Waals surface area contributed by atoms with E-state index in [-0.39, 0.29) is 17.2 Å². The van der Waals surface area contributed by atoms with Gasteiger partial charge in [-0.25, -0.2) is 4.79 Å². The molecule has 0 aliphatic carbocycles. The number of rotatable bonds is 11. The number of carbonyl (C=O) groups excluding carboxylic acids is 3. The van der Waals surface area contributed by atoms with Crippen molar-refractivity contribution >= 4 is 52.9 Å². The summed E-state index contributed by atoms with van der Waals surface area (Å²) in [6, 6.07) is 34.3. The molecule has 5 rings (SSSR count). The molecular formula is C36H28N4O5S. The van der Waals surface area contributed by atoms with Crippen molar-refractivity contribution in [2.45, 2.75) is 10.1 Å². The highest BCUT2D eigenvalue weighted by Crippen LogP contribution is 2.37. The first-order valence-electron chi connectivity index (χ1n) is 14.1. The lowest BCUT2D eigenvalue weighted by molar-refractivity contribution is -0.116. The van der Waals surface area contributed by atoms with E-state index in [0.717, 1.165) is 10.5 Å². The molecule has 0 saturated carbocycles. The van der Waals surface area contributed by atoms with E-state index in [4.69, 9.17) is 0 Å². The van der Waals surface area contributed by atoms with Crippen LogP contribution < -0.4 is 16.0 Å². The molecule has 46 heavy (non-hydrogen) atoms. The Labute approximate surface area is 269 Å². The molecule has 9 nitrogen and oxygen atoms in total. The minimum Gasteiger partial charge on any atom is -0.478 e. The normalized spacial score (nSPS) is 11.6. The van der Waals surface area contributed by atoms with Crippen molar-refractivity contribution in [2.24, 2.45) is 0 Å². The van der Waals surface area contributed by atoms with Gasteiger partial charge in [-0.15, -0.1) is 11.8 Å². The van der Waals surface area contributed by atoms with Gasteiger partial charge in [-0.2, -0.15) is 0 Å². The Balaban J connectivity index is 1.32. The molecule has 5 aromatic rings. The Morgan fingerprint density at radius 2 is 1.41 bits per heavy atom. The molecule has 0 fully saturated rings. The third-order valence-corrected chi connectivity index (χ3v) is 7.87. The SMILES string of the molecule is O=C(Nc1ccc(SC(C(=O)Nc2cccc(C(=O)O)c2)c2ccccc2)cc1)/C(=C/c1cccnc1)NC(=O)c1ccccc1. The van der Waals surface area contributed by atoms with E-state index in [0.29, 0.717) is 22.5 Å². The monoisotopic (exact) mass is 628 g/mol. The van der Waals surface area contributed by atoms with Crippen LogP contribution in [0.25, 0.3) is 6.08 Å². The average Bonchev–Trinajstić information content (AvgIpc) is 3.09. The molecule has 0 spiro atoms. The number of amides is 3. The van der Waals surface area contributed by atoms with E-state index in [1.807, 2.05) is 30.3 Å². The molecule has 1 heterocycles. The molecule has 4 N–H and O–H groups in total. The van der Waals surface area contributed by atoms with Gasteiger partial charge in [-0.1, -0.05) is 60.7 Å². The van der Waals surface area contributed by atoms with Gasteiger partial charge >= 0.3 is 5.97 Å². The second-order valence-corrected chi connectivity index (χ2v) is 11.1. The fourth-order valence-electron chi connectivity index (χ4n) is 4.36. The summed E-state index contributed by atoms with van der Waals surface area (Å²) in [5.74, 6) is -2.37. The van der Waals surface area contributed by atoms with Gasteiger partial charge in [-0.05, 0) is 77.9 Å². The Morgan fingerprint density at radius 1 is 0.717 bits per heavy atom. The van der Waals surface area contributed by atoms with E-state index in [2.05, 4.69) is 20.9 Å². The van der Waals surface area contributed by atoms with E-state index in [1.54, 1.807) is 97.3 Å². The highest BCUT2D eigenvalue weighted by molar-refractivity contribution is 8.00. The maximum absolute atomic E-state index is 13.4. The van der Waals surface area contributed by atoms with Crippen molar-refractivity contribution in [3.05, 3.63) is 162 Å². The molecule has 0 aliphatic heterocycles. The summed E-state index contributed by atoms with van der Waals surface area (Å²) < 4.78 is 0. The number of carboxylic acid groups (broad SMARTS) is 1. The number of benzene rings is 4. The number of aromatic carboxylic acids is 1. The summed E-state index contributed by atoms with van der Waals surface area (Å²) >= 11 is 1.30. The summed E-state index contributed by atoms with van der Waals surface area (Å²) in [4.78, 5) is 55.9. The van der Waals surface area contributed by atoms with E-state index >= 15 is 0 Å². The van der Waals surface area contributed by atoms with Crippen LogP contribution in [0.5, 0.6) is 0 Å². The second-order valence-electron chi connectivity index (χ2n) is 9.93. The van der Waals surface area contributed by atoms with Gasteiger partial charge in [0.25, 0.3) is 11.8 Å². The number of aromatic nitrogens is 1. The number of nitrogens with one attached hydrogen (secondary N) is 3. The maximum Gasteiger partial charge on any atom is 0.335 e. The molecule has 1 atom stereocenters. The van der Waals surface area contributed by atoms with Crippen LogP contribution in [0.2, 0.25) is 0 Å². The quantitative estimate of drug-likeness (QED) is 0.0948. The molecular weight excluding hydrogens is 600 g/mol. The number of pyridine rings is 1. The van der Waals surface area contributed by atoms with Gasteiger partial charge in [0.1, 0.15) is 10.9 Å². The summed E-state index contributed by atoms with van der Waals surface area (Å²) in [5, 5.41) is 17.0. The van der Waals surface area contributed by atoms with Crippen LogP contribution >= 0.6 is 11.8 Å². The fourth-order valence-corrected chi connectivity index (χ4v) is 5.38. The first-order valence-corrected chi connectivity index (χ1v) is 15.0. The van der Waals surface area contributed by atoms with Gasteiger partial charge < -0.3 is 21.1 Å². The standard InChI is InChI=1S/C36H28N4O5S/c41-33(26-12-5-2-6-13-26)40-31(21-24-9-8-20-37-23-24)34(42)38-28-16-18-30(19-17-28)46-32(25-10-3-1-4-11-25)35(43)39-29-15-7-14-27(22-29)36(44)45/h1-23,32H,(H,38,42)(H,39,43)(H,40,41)(H,44,45)/b31-21-. The van der Waals surface area contributed by atoms with Crippen LogP contribution in [-0.2, 0) is 9.59 Å². The highest BCUT2D eigenvalue weighted by Gasteiger charge is 2.23. The Morgan fingerprint density at radius 3 is 2.09 bits per heavy atom. The lowest BCUT2D eigenvalue weighted by Crippen LogP contribution is -2.30. The molecule has 0 aliphatic rings. The van der Waals surface area contributed by atoms with Crippen molar-refractivity contribution in [3.63, 3.8) is 0 Å². The number of nitrogens with zero attached hydrogens (tertiary/aromatic N) is 1. The lowest BCUT2D eigenvalue weighted by Gasteiger charge is -2.18. The predicted octanol–water partition coefficient (Wildman–Crippen LogP) is 6.66. The highest BCUT2D eigenvalue weighted by atomic mass is 32.2. The Bertz CT molecular complexity index is 1870. The van der Waals surface area contributed by atoms with Crippen LogP contribution in [0.4, 0.5) is 11.4 Å². The molecule has 0 bridgehead atoms. The Kier molecular flexibility index (Phi) is 10.3. The number of anilines is 2. The van der Waals surface area contributed by atoms with Gasteiger partial charge in [0, 0.05) is 34.2 Å². The van der Waals surface area contributed by atoms with Crippen LogP contribution in [0, 0.1) is 0 Å². The predicted molar refractivity (Wildman–Crippen MR) is 178 cm³/mol. The first kappa shape index (κ1) is 31.4. The molecule has 0 radical (unpaired) electrons. The molecule has 10 heteroatoms. The molecule has 1 unspecified atom stereocenters. The largest absolute Gasteiger partial charge is 0.478 e. The topological polar surface area (TPSA) is 137 Å². The Hall–Kier alpha value is -6.00. The van der Waals surface area contributed by atoms with Gasteiger partial charge in [0.2, 0.25) is 5.91 Å². The van der Waals surface area contributed by atoms with E-state index < -0.39 is 23.0 Å². The van der Waals surface area contributed by atoms with E-state index in [1.165, 1.54) is 23.9 Å². The minimum atomic E-state index is -1.09. The number of hydrogen-bond donors (Lipinski definition) is 4. The van der Waals surface area contributed by atoms with Crippen molar-refractivity contribution in [1.82, 2.24) is 10.3 Å². The first-order chi connectivity index (χ1) is 22.4. The van der Waals surface area contributed by atoms with Crippen molar-refractivity contribution < 1.29 is 24.3 Å². The van der Waals surface area contributed by atoms with Gasteiger partial charge in [0.15, 0.2) is 0 Å². The van der Waals surface area contributed by atoms with Crippen LogP contribution in [-0.4, -0.2) is 33.8 Å². The summed E-state index contributed by atoms with van der Waals surface area (Å²) in [5.41, 5.74) is 2.75. The molecule has 1 aromatic heterocycles. The van der Waals surface area contributed by atoms with Gasteiger partial charge in [0.05, 0.1) is 5.56 Å². The average molecular weight is 629 g/mol. The molecule has 4 aromatic carbocycles. The number of carbonyl (C=O) groups is 4. The number of carboxylic acids is 1. The zero-order valence-electron chi connectivity index (χ0n) is 24.3. The van der Waals surface area contributed by atoms with Crippen molar-refractivity contribution in [1.29, 1.82) is 0 Å². The second kappa shape index (κ2) is 15.1. The maximum atomic E-state index is 13.4. The summed E-state index contributed by atoms with van der Waals surface area (Å²) in [7, 11) is 0. The van der Waals surface area contributed by atoms with Crippen molar-refractivity contribution in [3.8, 4) is 0 Å². The summed E-state index contributed by atoms with van der Waals surface area (Å²) in [6.07, 6.45) is 4.74. The fraction of sp³-hybridized carbons (Fsp3) is 0.0278. The summed E-state index contributed by atoms with van der Waals surface area (Å²) in [6.45, 7) is 0. The van der Waals surface area contributed by atoms with Crippen molar-refractivity contribution in [2.75, 3.05) is 10.6 Å². The van der Waals surface area contributed by atoms with Crippen LogP contribution in [0.15, 0.2) is 144 Å². The minimum absolute atomic E-state index is 0.0353. The molecule has 0 saturated heterocycles. The van der Waals surface area contributed by atoms with Gasteiger partial charge in [-0.3, -0.25) is 19.4 Å². The molecule has 228 valence electrons. The van der Waals surface area contributed by atoms with E-state index in [9.17, 15) is 24.3 Å². The third-order valence-electron chi connectivity index (χ3n) is 6.61. The smallest absolute Gasteiger partial charge is 0.335 e. The zero-order chi connectivity index (χ0) is 32.3. The lowest BCUT2D eigenvalue weighted by atomic mass is 10.1. The van der Waals surface area contributed by atoms with Crippen LogP contribution in [0.1, 0.15) is 37.1 Å². The number of hydrogen-bond acceptors (Lipinski definition) is 6.